The SMILES string of the molecule is CNC(=O)c1c(-c2ccc(F)cc2)oc2ccc(-c3cc(OCCn4ccnc4)cc(C(=O)NCC(C)C)c3)cc12. The van der Waals surface area contributed by atoms with Gasteiger partial charge in [0, 0.05) is 42.5 Å². The summed E-state index contributed by atoms with van der Waals surface area (Å²) < 4.78 is 27.6. The number of carbonyl (C=O) groups excluding carboxylic acids is 2. The van der Waals surface area contributed by atoms with Crippen molar-refractivity contribution in [2.24, 2.45) is 5.92 Å². The molecular weight excluding hydrogens is 523 g/mol. The monoisotopic (exact) mass is 554 g/mol. The first-order valence-electron chi connectivity index (χ1n) is 13.4. The minimum Gasteiger partial charge on any atom is -0.492 e. The molecule has 0 spiro atoms. The highest BCUT2D eigenvalue weighted by Gasteiger charge is 2.22. The number of carbonyl (C=O) groups is 2. The smallest absolute Gasteiger partial charge is 0.255 e. The van der Waals surface area contributed by atoms with Gasteiger partial charge in [-0.15, -0.1) is 0 Å². The highest BCUT2D eigenvalue weighted by Crippen LogP contribution is 2.37. The Labute approximate surface area is 237 Å². The summed E-state index contributed by atoms with van der Waals surface area (Å²) >= 11 is 0. The topological polar surface area (TPSA) is 98.4 Å². The maximum absolute atomic E-state index is 13.6. The summed E-state index contributed by atoms with van der Waals surface area (Å²) in [5, 5.41) is 6.24. The third-order valence-electron chi connectivity index (χ3n) is 6.60. The zero-order chi connectivity index (χ0) is 28.9. The molecule has 0 atom stereocenters. The Morgan fingerprint density at radius 3 is 2.49 bits per heavy atom. The van der Waals surface area contributed by atoms with Gasteiger partial charge in [-0.1, -0.05) is 19.9 Å². The Balaban J connectivity index is 1.55. The second-order valence-corrected chi connectivity index (χ2v) is 10.1. The molecule has 0 aliphatic rings. The Hall–Kier alpha value is -4.92. The lowest BCUT2D eigenvalue weighted by atomic mass is 9.98. The van der Waals surface area contributed by atoms with Gasteiger partial charge in [0.2, 0.25) is 0 Å². The molecule has 41 heavy (non-hydrogen) atoms. The van der Waals surface area contributed by atoms with Crippen molar-refractivity contribution in [1.29, 1.82) is 0 Å². The summed E-state index contributed by atoms with van der Waals surface area (Å²) in [4.78, 5) is 30.1. The summed E-state index contributed by atoms with van der Waals surface area (Å²) in [7, 11) is 1.55. The number of nitrogens with zero attached hydrogens (tertiary/aromatic N) is 2. The van der Waals surface area contributed by atoms with Crippen molar-refractivity contribution in [3.8, 4) is 28.2 Å². The summed E-state index contributed by atoms with van der Waals surface area (Å²) in [5.41, 5.74) is 3.42. The van der Waals surface area contributed by atoms with Gasteiger partial charge in [-0.25, -0.2) is 9.37 Å². The number of hydrogen-bond acceptors (Lipinski definition) is 5. The molecule has 3 aromatic carbocycles. The van der Waals surface area contributed by atoms with Crippen LogP contribution >= 0.6 is 0 Å². The average Bonchev–Trinajstić information content (AvgIpc) is 3.63. The van der Waals surface area contributed by atoms with Crippen LogP contribution in [0.1, 0.15) is 34.6 Å². The quantitative estimate of drug-likeness (QED) is 0.223. The van der Waals surface area contributed by atoms with E-state index >= 15 is 0 Å². The minimum atomic E-state index is -0.381. The van der Waals surface area contributed by atoms with Crippen LogP contribution in [-0.2, 0) is 6.54 Å². The molecule has 5 rings (SSSR count). The molecule has 0 radical (unpaired) electrons. The average molecular weight is 555 g/mol. The highest BCUT2D eigenvalue weighted by atomic mass is 19.1. The van der Waals surface area contributed by atoms with E-state index in [1.807, 2.05) is 42.8 Å². The van der Waals surface area contributed by atoms with Crippen LogP contribution in [-0.4, -0.2) is 41.6 Å². The van der Waals surface area contributed by atoms with Crippen molar-refractivity contribution in [1.82, 2.24) is 20.2 Å². The Morgan fingerprint density at radius 2 is 1.78 bits per heavy atom. The number of hydrogen-bond donors (Lipinski definition) is 2. The van der Waals surface area contributed by atoms with E-state index < -0.39 is 0 Å². The van der Waals surface area contributed by atoms with E-state index in [1.165, 1.54) is 12.1 Å². The number of aromatic nitrogens is 2. The van der Waals surface area contributed by atoms with E-state index in [1.54, 1.807) is 49.9 Å². The van der Waals surface area contributed by atoms with E-state index in [4.69, 9.17) is 9.15 Å². The fourth-order valence-electron chi connectivity index (χ4n) is 4.50. The lowest BCUT2D eigenvalue weighted by Gasteiger charge is -2.13. The van der Waals surface area contributed by atoms with Gasteiger partial charge < -0.3 is 24.4 Å². The van der Waals surface area contributed by atoms with E-state index in [2.05, 4.69) is 15.6 Å². The molecule has 0 fully saturated rings. The summed E-state index contributed by atoms with van der Waals surface area (Å²) in [6.07, 6.45) is 5.28. The van der Waals surface area contributed by atoms with Crippen molar-refractivity contribution in [3.63, 3.8) is 0 Å². The molecule has 8 nitrogen and oxygen atoms in total. The van der Waals surface area contributed by atoms with E-state index in [0.717, 1.165) is 11.1 Å². The number of amides is 2. The van der Waals surface area contributed by atoms with Crippen molar-refractivity contribution in [3.05, 3.63) is 96.3 Å². The molecule has 0 bridgehead atoms. The first-order valence-corrected chi connectivity index (χ1v) is 13.4. The maximum Gasteiger partial charge on any atom is 0.255 e. The van der Waals surface area contributed by atoms with Crippen molar-refractivity contribution < 1.29 is 23.1 Å². The second-order valence-electron chi connectivity index (χ2n) is 10.1. The van der Waals surface area contributed by atoms with Crippen LogP contribution < -0.4 is 15.4 Å². The summed E-state index contributed by atoms with van der Waals surface area (Å²) in [5.74, 6) is 0.286. The molecule has 0 aliphatic heterocycles. The molecule has 2 N–H and O–H groups in total. The van der Waals surface area contributed by atoms with Crippen LogP contribution in [0, 0.1) is 11.7 Å². The zero-order valence-electron chi connectivity index (χ0n) is 23.1. The first-order chi connectivity index (χ1) is 19.8. The molecule has 0 saturated carbocycles. The molecule has 0 unspecified atom stereocenters. The van der Waals surface area contributed by atoms with Crippen LogP contribution in [0.15, 0.2) is 83.8 Å². The third kappa shape index (κ3) is 6.30. The number of benzene rings is 3. The van der Waals surface area contributed by atoms with Crippen molar-refractivity contribution >= 4 is 22.8 Å². The molecular formula is C32H31FN4O4. The van der Waals surface area contributed by atoms with Crippen molar-refractivity contribution in [2.75, 3.05) is 20.2 Å². The van der Waals surface area contributed by atoms with Crippen LogP contribution in [0.4, 0.5) is 4.39 Å². The number of rotatable bonds is 10. The molecule has 2 amide bonds. The van der Waals surface area contributed by atoms with Gasteiger partial charge in [-0.05, 0) is 71.6 Å². The van der Waals surface area contributed by atoms with E-state index in [9.17, 15) is 14.0 Å². The number of ether oxygens (including phenoxy) is 1. The maximum atomic E-state index is 13.6. The van der Waals surface area contributed by atoms with E-state index in [0.29, 0.717) is 64.8 Å². The first kappa shape index (κ1) is 27.6. The predicted molar refractivity (Wildman–Crippen MR) is 155 cm³/mol. The lowest BCUT2D eigenvalue weighted by Crippen LogP contribution is -2.27. The van der Waals surface area contributed by atoms with Crippen LogP contribution in [0.5, 0.6) is 5.75 Å². The zero-order valence-corrected chi connectivity index (χ0v) is 23.1. The highest BCUT2D eigenvalue weighted by molar-refractivity contribution is 6.12. The van der Waals surface area contributed by atoms with Gasteiger partial charge in [0.25, 0.3) is 11.8 Å². The molecule has 0 saturated heterocycles. The Morgan fingerprint density at radius 1 is 1.00 bits per heavy atom. The molecule has 2 heterocycles. The van der Waals surface area contributed by atoms with Crippen molar-refractivity contribution in [2.45, 2.75) is 20.4 Å². The number of furan rings is 1. The molecule has 210 valence electrons. The van der Waals surface area contributed by atoms with Crippen LogP contribution in [0.3, 0.4) is 0 Å². The van der Waals surface area contributed by atoms with E-state index in [-0.39, 0.29) is 17.6 Å². The fourth-order valence-corrected chi connectivity index (χ4v) is 4.50. The van der Waals surface area contributed by atoms with Crippen LogP contribution in [0.25, 0.3) is 33.4 Å². The summed E-state index contributed by atoms with van der Waals surface area (Å²) in [6, 6.07) is 16.7. The van der Waals surface area contributed by atoms with Gasteiger partial charge in [-0.2, -0.15) is 0 Å². The minimum absolute atomic E-state index is 0.200. The molecule has 5 aromatic rings. The standard InChI is InChI=1S/C32H31FN4O4/c1-20(2)18-36-31(38)24-14-23(15-26(16-24)40-13-12-37-11-10-35-19-37)22-6-9-28-27(17-22)29(32(39)34-3)30(41-28)21-4-7-25(33)8-5-21/h4-11,14-17,19-20H,12-13,18H2,1-3H3,(H,34,39)(H,36,38). The molecule has 0 aliphatic carbocycles. The number of fused-ring (bicyclic) bond motifs is 1. The largest absolute Gasteiger partial charge is 0.492 e. The predicted octanol–water partition coefficient (Wildman–Crippen LogP) is 5.93. The molecule has 9 heteroatoms. The second kappa shape index (κ2) is 12.1. The number of nitrogens with one attached hydrogen (secondary N) is 2. The van der Waals surface area contributed by atoms with Gasteiger partial charge >= 0.3 is 0 Å². The molecule has 2 aromatic heterocycles. The van der Waals surface area contributed by atoms with Gasteiger partial charge in [-0.3, -0.25) is 9.59 Å². The van der Waals surface area contributed by atoms with Gasteiger partial charge in [0.1, 0.15) is 29.5 Å². The number of imidazole rings is 1. The Bertz CT molecular complexity index is 1670. The van der Waals surface area contributed by atoms with Gasteiger partial charge in [0.05, 0.1) is 18.4 Å². The lowest BCUT2D eigenvalue weighted by molar-refractivity contribution is 0.0945. The fraction of sp³-hybridized carbons (Fsp3) is 0.219. The van der Waals surface area contributed by atoms with Crippen LogP contribution in [0.2, 0.25) is 0 Å². The van der Waals surface area contributed by atoms with Gasteiger partial charge in [0.15, 0.2) is 0 Å². The number of halogens is 1. The summed E-state index contributed by atoms with van der Waals surface area (Å²) in [6.45, 7) is 5.59. The third-order valence-corrected chi connectivity index (χ3v) is 6.60. The normalized spacial score (nSPS) is 11.1. The Kier molecular flexibility index (Phi) is 8.14.